The lowest BCUT2D eigenvalue weighted by Crippen LogP contribution is -2.19. The van der Waals surface area contributed by atoms with Gasteiger partial charge in [0.15, 0.2) is 11.0 Å². The van der Waals surface area contributed by atoms with E-state index in [0.717, 1.165) is 12.3 Å². The highest BCUT2D eigenvalue weighted by molar-refractivity contribution is 6.29. The summed E-state index contributed by atoms with van der Waals surface area (Å²) in [5.74, 6) is -0.0379. The number of hydrogen-bond acceptors (Lipinski definition) is 3. The van der Waals surface area contributed by atoms with Crippen LogP contribution >= 0.6 is 11.6 Å². The zero-order valence-electron chi connectivity index (χ0n) is 9.35. The molecule has 96 valence electrons. The minimum Gasteiger partial charge on any atom is -0.477 e. The zero-order valence-corrected chi connectivity index (χ0v) is 10.1. The molecule has 2 heterocycles. The maximum absolute atomic E-state index is 13.3. The highest BCUT2D eigenvalue weighted by Gasteiger charge is 2.17. The van der Waals surface area contributed by atoms with E-state index in [9.17, 15) is 14.0 Å². The number of terminal acetylenes is 1. The molecule has 0 bridgehead atoms. The SMILES string of the molecule is C#CCn1cc(C(=O)O)c(=O)c2cc(F)c(Cl)nc21. The maximum Gasteiger partial charge on any atom is 0.341 e. The lowest BCUT2D eigenvalue weighted by molar-refractivity contribution is 0.0695. The van der Waals surface area contributed by atoms with E-state index in [1.807, 2.05) is 0 Å². The van der Waals surface area contributed by atoms with Gasteiger partial charge in [-0.3, -0.25) is 4.79 Å². The molecule has 0 aromatic carbocycles. The van der Waals surface area contributed by atoms with Gasteiger partial charge in [-0.25, -0.2) is 14.2 Å². The minimum atomic E-state index is -1.42. The van der Waals surface area contributed by atoms with E-state index < -0.39 is 27.9 Å². The molecule has 2 rings (SSSR count). The highest BCUT2D eigenvalue weighted by atomic mass is 35.5. The zero-order chi connectivity index (χ0) is 14.2. The van der Waals surface area contributed by atoms with Gasteiger partial charge in [-0.05, 0) is 6.07 Å². The topological polar surface area (TPSA) is 72.2 Å². The first-order valence-electron chi connectivity index (χ1n) is 5.01. The Bertz CT molecular complexity index is 792. The summed E-state index contributed by atoms with van der Waals surface area (Å²) in [6.45, 7) is -0.0218. The molecule has 1 N–H and O–H groups in total. The van der Waals surface area contributed by atoms with Crippen LogP contribution in [0.5, 0.6) is 0 Å². The first-order valence-corrected chi connectivity index (χ1v) is 5.39. The Hall–Kier alpha value is -2.39. The van der Waals surface area contributed by atoms with Crippen molar-refractivity contribution in [3.63, 3.8) is 0 Å². The van der Waals surface area contributed by atoms with Gasteiger partial charge in [0.25, 0.3) is 0 Å². The summed E-state index contributed by atoms with van der Waals surface area (Å²) in [4.78, 5) is 26.6. The van der Waals surface area contributed by atoms with E-state index in [2.05, 4.69) is 10.9 Å². The summed E-state index contributed by atoms with van der Waals surface area (Å²) < 4.78 is 14.6. The van der Waals surface area contributed by atoms with E-state index in [1.165, 1.54) is 4.57 Å². The van der Waals surface area contributed by atoms with Gasteiger partial charge in [0.05, 0.1) is 11.9 Å². The molecule has 0 aliphatic rings. The maximum atomic E-state index is 13.3. The Kier molecular flexibility index (Phi) is 3.23. The molecule has 0 amide bonds. The monoisotopic (exact) mass is 280 g/mol. The van der Waals surface area contributed by atoms with Crippen LogP contribution in [0.4, 0.5) is 4.39 Å². The summed E-state index contributed by atoms with van der Waals surface area (Å²) in [6, 6.07) is 0.854. The molecule has 5 nitrogen and oxygen atoms in total. The molecule has 19 heavy (non-hydrogen) atoms. The second kappa shape index (κ2) is 4.71. The number of carboxylic acid groups (broad SMARTS) is 1. The Morgan fingerprint density at radius 2 is 2.32 bits per heavy atom. The lowest BCUT2D eigenvalue weighted by atomic mass is 10.2. The van der Waals surface area contributed by atoms with Gasteiger partial charge in [0, 0.05) is 6.20 Å². The van der Waals surface area contributed by atoms with Crippen LogP contribution in [0.1, 0.15) is 10.4 Å². The molecule has 0 aliphatic carbocycles. The molecule has 0 saturated carbocycles. The first kappa shape index (κ1) is 13.1. The third kappa shape index (κ3) is 2.16. The van der Waals surface area contributed by atoms with Crippen LogP contribution < -0.4 is 5.43 Å². The number of hydrogen-bond donors (Lipinski definition) is 1. The molecular weight excluding hydrogens is 275 g/mol. The summed E-state index contributed by atoms with van der Waals surface area (Å²) in [6.07, 6.45) is 6.22. The number of nitrogens with zero attached hydrogens (tertiary/aromatic N) is 2. The van der Waals surface area contributed by atoms with Crippen molar-refractivity contribution >= 4 is 28.6 Å². The second-order valence-corrected chi connectivity index (χ2v) is 4.00. The van der Waals surface area contributed by atoms with E-state index in [-0.39, 0.29) is 17.6 Å². The van der Waals surface area contributed by atoms with Gasteiger partial charge in [0.2, 0.25) is 5.43 Å². The number of rotatable bonds is 2. The second-order valence-electron chi connectivity index (χ2n) is 3.64. The fraction of sp³-hybridized carbons (Fsp3) is 0.0833. The van der Waals surface area contributed by atoms with Gasteiger partial charge in [0.1, 0.15) is 11.2 Å². The number of aromatic carboxylic acids is 1. The van der Waals surface area contributed by atoms with Crippen LogP contribution in [0.3, 0.4) is 0 Å². The fourth-order valence-electron chi connectivity index (χ4n) is 1.64. The quantitative estimate of drug-likeness (QED) is 0.669. The highest BCUT2D eigenvalue weighted by Crippen LogP contribution is 2.17. The molecule has 7 heteroatoms. The van der Waals surface area contributed by atoms with Crippen molar-refractivity contribution in [3.8, 4) is 12.3 Å². The van der Waals surface area contributed by atoms with Crippen LogP contribution in [-0.2, 0) is 6.54 Å². The molecular formula is C12H6ClFN2O3. The number of pyridine rings is 2. The number of aromatic nitrogens is 2. The van der Waals surface area contributed by atoms with Crippen LogP contribution in [0.15, 0.2) is 17.1 Å². The number of fused-ring (bicyclic) bond motifs is 1. The smallest absolute Gasteiger partial charge is 0.341 e. The van der Waals surface area contributed by atoms with Gasteiger partial charge >= 0.3 is 5.97 Å². The third-order valence-electron chi connectivity index (χ3n) is 2.45. The van der Waals surface area contributed by atoms with Crippen molar-refractivity contribution in [1.29, 1.82) is 0 Å². The molecule has 0 spiro atoms. The predicted octanol–water partition coefficient (Wildman–Crippen LogP) is 1.52. The summed E-state index contributed by atoms with van der Waals surface area (Å²) in [7, 11) is 0. The van der Waals surface area contributed by atoms with Gasteiger partial charge < -0.3 is 9.67 Å². The fourth-order valence-corrected chi connectivity index (χ4v) is 1.77. The lowest BCUT2D eigenvalue weighted by Gasteiger charge is -2.09. The summed E-state index contributed by atoms with van der Waals surface area (Å²) in [5.41, 5.74) is -1.30. The Labute approximate surface area is 111 Å². The Morgan fingerprint density at radius 1 is 1.63 bits per heavy atom. The molecule has 2 aromatic heterocycles. The average Bonchev–Trinajstić information content (AvgIpc) is 2.35. The van der Waals surface area contributed by atoms with Crippen LogP contribution in [-0.4, -0.2) is 20.6 Å². The van der Waals surface area contributed by atoms with Crippen molar-refractivity contribution < 1.29 is 14.3 Å². The molecule has 0 fully saturated rings. The summed E-state index contributed by atoms with van der Waals surface area (Å²) >= 11 is 5.55. The largest absolute Gasteiger partial charge is 0.477 e. The Balaban J connectivity index is 2.97. The molecule has 0 radical (unpaired) electrons. The standard InChI is InChI=1S/C12H6ClFN2O3/c1-2-3-16-5-7(12(18)19)9(17)6-4-8(14)10(13)15-11(6)16/h1,4-5H,3H2,(H,18,19). The van der Waals surface area contributed by atoms with Crippen molar-refractivity contribution in [2.45, 2.75) is 6.54 Å². The van der Waals surface area contributed by atoms with Crippen LogP contribution in [0.2, 0.25) is 5.15 Å². The minimum absolute atomic E-state index is 0.0218. The van der Waals surface area contributed by atoms with Crippen molar-refractivity contribution in [1.82, 2.24) is 9.55 Å². The predicted molar refractivity (Wildman–Crippen MR) is 66.8 cm³/mol. The van der Waals surface area contributed by atoms with Crippen molar-refractivity contribution in [2.24, 2.45) is 0 Å². The molecule has 0 aliphatic heterocycles. The molecule has 0 saturated heterocycles. The van der Waals surface area contributed by atoms with E-state index >= 15 is 0 Å². The average molecular weight is 281 g/mol. The van der Waals surface area contributed by atoms with Gasteiger partial charge in [-0.2, -0.15) is 0 Å². The number of halogens is 2. The normalized spacial score (nSPS) is 10.4. The van der Waals surface area contributed by atoms with E-state index in [1.54, 1.807) is 0 Å². The molecule has 2 aromatic rings. The van der Waals surface area contributed by atoms with E-state index in [4.69, 9.17) is 23.1 Å². The number of carboxylic acids is 1. The van der Waals surface area contributed by atoms with E-state index in [0.29, 0.717) is 0 Å². The third-order valence-corrected chi connectivity index (χ3v) is 2.72. The van der Waals surface area contributed by atoms with Gasteiger partial charge in [-0.15, -0.1) is 6.42 Å². The van der Waals surface area contributed by atoms with Crippen molar-refractivity contribution in [2.75, 3.05) is 0 Å². The first-order chi connectivity index (χ1) is 8.95. The number of carbonyl (C=O) groups is 1. The van der Waals surface area contributed by atoms with Crippen molar-refractivity contribution in [3.05, 3.63) is 39.0 Å². The van der Waals surface area contributed by atoms with Crippen LogP contribution in [0.25, 0.3) is 11.0 Å². The van der Waals surface area contributed by atoms with Gasteiger partial charge in [-0.1, -0.05) is 17.5 Å². The van der Waals surface area contributed by atoms with Crippen LogP contribution in [0, 0.1) is 18.2 Å². The molecule has 0 atom stereocenters. The Morgan fingerprint density at radius 3 is 2.89 bits per heavy atom. The molecule has 0 unspecified atom stereocenters. The summed E-state index contributed by atoms with van der Waals surface area (Å²) in [5, 5.41) is 8.34.